The van der Waals surface area contributed by atoms with Crippen molar-refractivity contribution in [1.82, 2.24) is 0 Å². The van der Waals surface area contributed by atoms with Crippen molar-refractivity contribution in [2.45, 2.75) is 6.42 Å². The summed E-state index contributed by atoms with van der Waals surface area (Å²) in [4.78, 5) is 10.9. The fourth-order valence-corrected chi connectivity index (χ4v) is 0.996. The highest BCUT2D eigenvalue weighted by atomic mass is 35.5. The predicted molar refractivity (Wildman–Crippen MR) is 47.0 cm³/mol. The van der Waals surface area contributed by atoms with E-state index in [0.717, 1.165) is 5.56 Å². The highest BCUT2D eigenvalue weighted by Crippen LogP contribution is 2.00. The lowest BCUT2D eigenvalue weighted by Crippen LogP contribution is -2.06. The molecule has 0 unspecified atom stereocenters. The predicted octanol–water partition coefficient (Wildman–Crippen LogP) is 1.97. The molecular weight excluding hydrogens is 176 g/mol. The molecule has 0 N–H and O–H groups in total. The SMILES string of the molecule is O=C(Cc1ccccc1)OCCl. The largest absolute Gasteiger partial charge is 0.449 e. The molecule has 0 aliphatic rings. The van der Waals surface area contributed by atoms with E-state index in [1.54, 1.807) is 0 Å². The zero-order valence-electron chi connectivity index (χ0n) is 6.50. The Hall–Kier alpha value is -1.02. The molecule has 1 aromatic carbocycles. The summed E-state index contributed by atoms with van der Waals surface area (Å²) in [6.07, 6.45) is 0.285. The molecule has 2 nitrogen and oxygen atoms in total. The highest BCUT2D eigenvalue weighted by Gasteiger charge is 2.01. The minimum absolute atomic E-state index is 0.0777. The van der Waals surface area contributed by atoms with Crippen molar-refractivity contribution in [1.29, 1.82) is 0 Å². The smallest absolute Gasteiger partial charge is 0.311 e. The molecule has 1 aromatic rings. The third kappa shape index (κ3) is 2.93. The second kappa shape index (κ2) is 4.78. The molecule has 0 amide bonds. The fourth-order valence-electron chi connectivity index (χ4n) is 0.874. The van der Waals surface area contributed by atoms with Crippen molar-refractivity contribution in [2.75, 3.05) is 6.07 Å². The van der Waals surface area contributed by atoms with E-state index in [4.69, 9.17) is 11.6 Å². The maximum Gasteiger partial charge on any atom is 0.311 e. The number of rotatable bonds is 3. The van der Waals surface area contributed by atoms with Gasteiger partial charge in [0.25, 0.3) is 0 Å². The van der Waals surface area contributed by atoms with Gasteiger partial charge in [0.2, 0.25) is 0 Å². The Labute approximate surface area is 76.1 Å². The van der Waals surface area contributed by atoms with Crippen LogP contribution < -0.4 is 0 Å². The van der Waals surface area contributed by atoms with Crippen LogP contribution in [0.3, 0.4) is 0 Å². The van der Waals surface area contributed by atoms with E-state index in [1.807, 2.05) is 30.3 Å². The molecule has 0 aliphatic carbocycles. The second-order valence-electron chi connectivity index (χ2n) is 2.29. The zero-order chi connectivity index (χ0) is 8.81. The monoisotopic (exact) mass is 184 g/mol. The molecule has 3 heteroatoms. The molecule has 0 aromatic heterocycles. The summed E-state index contributed by atoms with van der Waals surface area (Å²) in [5.41, 5.74) is 0.938. The number of carbonyl (C=O) groups excluding carboxylic acids is 1. The van der Waals surface area contributed by atoms with Crippen molar-refractivity contribution in [2.24, 2.45) is 0 Å². The summed E-state index contributed by atoms with van der Waals surface area (Å²) < 4.78 is 4.57. The van der Waals surface area contributed by atoms with Crippen molar-refractivity contribution >= 4 is 17.6 Å². The number of esters is 1. The van der Waals surface area contributed by atoms with Crippen LogP contribution in [0.2, 0.25) is 0 Å². The van der Waals surface area contributed by atoms with Gasteiger partial charge >= 0.3 is 5.97 Å². The van der Waals surface area contributed by atoms with Crippen LogP contribution in [0.5, 0.6) is 0 Å². The minimum atomic E-state index is -0.295. The van der Waals surface area contributed by atoms with Gasteiger partial charge in [0.15, 0.2) is 6.07 Å². The highest BCUT2D eigenvalue weighted by molar-refractivity contribution is 6.17. The number of benzene rings is 1. The number of hydrogen-bond donors (Lipinski definition) is 0. The van der Waals surface area contributed by atoms with Crippen molar-refractivity contribution < 1.29 is 9.53 Å². The molecule has 0 fully saturated rings. The average Bonchev–Trinajstić information content (AvgIpc) is 2.06. The van der Waals surface area contributed by atoms with Crippen LogP contribution in [0.15, 0.2) is 30.3 Å². The zero-order valence-corrected chi connectivity index (χ0v) is 7.25. The van der Waals surface area contributed by atoms with E-state index in [0.29, 0.717) is 0 Å². The Kier molecular flexibility index (Phi) is 3.61. The molecule has 12 heavy (non-hydrogen) atoms. The molecule has 0 bridgehead atoms. The van der Waals surface area contributed by atoms with E-state index in [2.05, 4.69) is 4.74 Å². The summed E-state index contributed by atoms with van der Waals surface area (Å²) in [5.74, 6) is -0.295. The third-order valence-electron chi connectivity index (χ3n) is 1.41. The molecular formula is C9H9ClO2. The summed E-state index contributed by atoms with van der Waals surface area (Å²) in [6.45, 7) is 0. The van der Waals surface area contributed by atoms with Crippen LogP contribution in [0.25, 0.3) is 0 Å². The van der Waals surface area contributed by atoms with Gasteiger partial charge in [-0.15, -0.1) is 0 Å². The van der Waals surface area contributed by atoms with Gasteiger partial charge in [-0.1, -0.05) is 41.9 Å². The normalized spacial score (nSPS) is 9.42. The van der Waals surface area contributed by atoms with Gasteiger partial charge in [-0.3, -0.25) is 4.79 Å². The van der Waals surface area contributed by atoms with Crippen LogP contribution in [-0.2, 0) is 16.0 Å². The summed E-state index contributed by atoms with van der Waals surface area (Å²) >= 11 is 5.22. The van der Waals surface area contributed by atoms with Crippen LogP contribution in [0, 0.1) is 0 Å². The second-order valence-corrected chi connectivity index (χ2v) is 2.51. The Balaban J connectivity index is 2.47. The maximum atomic E-state index is 10.9. The topological polar surface area (TPSA) is 26.3 Å². The first kappa shape index (κ1) is 9.07. The lowest BCUT2D eigenvalue weighted by atomic mass is 10.2. The van der Waals surface area contributed by atoms with Gasteiger partial charge < -0.3 is 4.74 Å². The lowest BCUT2D eigenvalue weighted by molar-refractivity contribution is -0.140. The van der Waals surface area contributed by atoms with Crippen molar-refractivity contribution in [3.63, 3.8) is 0 Å². The van der Waals surface area contributed by atoms with E-state index in [9.17, 15) is 4.79 Å². The molecule has 0 saturated heterocycles. The van der Waals surface area contributed by atoms with Gasteiger partial charge in [0.1, 0.15) is 0 Å². The molecule has 1 rings (SSSR count). The van der Waals surface area contributed by atoms with Crippen molar-refractivity contribution in [3.8, 4) is 0 Å². The van der Waals surface area contributed by atoms with Crippen LogP contribution in [0.1, 0.15) is 5.56 Å². The summed E-state index contributed by atoms with van der Waals surface area (Å²) in [5, 5.41) is 0. The number of carbonyl (C=O) groups is 1. The minimum Gasteiger partial charge on any atom is -0.449 e. The van der Waals surface area contributed by atoms with E-state index >= 15 is 0 Å². The fraction of sp³-hybridized carbons (Fsp3) is 0.222. The maximum absolute atomic E-state index is 10.9. The van der Waals surface area contributed by atoms with Gasteiger partial charge in [-0.25, -0.2) is 0 Å². The number of hydrogen-bond acceptors (Lipinski definition) is 2. The quantitative estimate of drug-likeness (QED) is 0.530. The first-order valence-electron chi connectivity index (χ1n) is 3.58. The van der Waals surface area contributed by atoms with Crippen LogP contribution >= 0.6 is 11.6 Å². The van der Waals surface area contributed by atoms with Gasteiger partial charge in [0, 0.05) is 0 Å². The van der Waals surface area contributed by atoms with E-state index in [-0.39, 0.29) is 18.5 Å². The molecule has 0 aliphatic heterocycles. The molecule has 0 spiro atoms. The van der Waals surface area contributed by atoms with E-state index < -0.39 is 0 Å². The Bertz CT molecular complexity index is 246. The molecule has 0 atom stereocenters. The molecule has 0 heterocycles. The molecule has 0 radical (unpaired) electrons. The Morgan fingerprint density at radius 2 is 2.00 bits per heavy atom. The molecule has 64 valence electrons. The van der Waals surface area contributed by atoms with Gasteiger partial charge in [0.05, 0.1) is 6.42 Å². The number of halogens is 1. The lowest BCUT2D eigenvalue weighted by Gasteiger charge is -1.99. The standard InChI is InChI=1S/C9H9ClO2/c10-7-12-9(11)6-8-4-2-1-3-5-8/h1-5H,6-7H2. The first-order chi connectivity index (χ1) is 5.83. The number of ether oxygens (including phenoxy) is 1. The third-order valence-corrected chi connectivity index (χ3v) is 1.52. The van der Waals surface area contributed by atoms with Crippen LogP contribution in [-0.4, -0.2) is 12.0 Å². The summed E-state index contributed by atoms with van der Waals surface area (Å²) in [7, 11) is 0. The summed E-state index contributed by atoms with van der Waals surface area (Å²) in [6, 6.07) is 9.32. The first-order valence-corrected chi connectivity index (χ1v) is 4.12. The average molecular weight is 185 g/mol. The van der Waals surface area contributed by atoms with Gasteiger partial charge in [-0.05, 0) is 5.56 Å². The Morgan fingerprint density at radius 1 is 1.33 bits per heavy atom. The molecule has 0 saturated carbocycles. The number of alkyl halides is 1. The van der Waals surface area contributed by atoms with Gasteiger partial charge in [-0.2, -0.15) is 0 Å². The van der Waals surface area contributed by atoms with Crippen LogP contribution in [0.4, 0.5) is 0 Å². The Morgan fingerprint density at radius 3 is 2.58 bits per heavy atom. The van der Waals surface area contributed by atoms with E-state index in [1.165, 1.54) is 0 Å². The van der Waals surface area contributed by atoms with Crippen molar-refractivity contribution in [3.05, 3.63) is 35.9 Å².